The van der Waals surface area contributed by atoms with Crippen molar-refractivity contribution in [2.24, 2.45) is 11.7 Å². The summed E-state index contributed by atoms with van der Waals surface area (Å²) in [6.07, 6.45) is 7.89. The average molecular weight is 474 g/mol. The van der Waals surface area contributed by atoms with Gasteiger partial charge < -0.3 is 24.5 Å². The van der Waals surface area contributed by atoms with Crippen molar-refractivity contribution in [2.45, 2.75) is 44.8 Å². The number of imidazole rings is 1. The fourth-order valence-corrected chi connectivity index (χ4v) is 5.11. The van der Waals surface area contributed by atoms with Gasteiger partial charge in [-0.2, -0.15) is 0 Å². The molecule has 0 bridgehead atoms. The molecule has 2 N–H and O–H groups in total. The molecule has 6 rings (SSSR count). The summed E-state index contributed by atoms with van der Waals surface area (Å²) in [5, 5.41) is 1.10. The number of hydrogen-bond acceptors (Lipinski definition) is 6. The minimum absolute atomic E-state index is 0.0328. The topological polar surface area (TPSA) is 104 Å². The summed E-state index contributed by atoms with van der Waals surface area (Å²) < 4.78 is 9.79. The standard InChI is InChI=1S/C26H31N7O2/c1-35-11-10-32-24-21(12-19(14-29-24)26(34)31-9-3-5-20(27)16-31)30-25(32)22-13-18-4-2-8-28-23(18)33(22)15-17-6-7-17/h2,4,8,12-14,17,20H,3,5-7,9-11,15-16,27H2,1H3/t20-/m1/s1. The Balaban J connectivity index is 1.45. The first-order chi connectivity index (χ1) is 17.1. The van der Waals surface area contributed by atoms with Crippen LogP contribution in [0.1, 0.15) is 36.0 Å². The Labute approximate surface area is 203 Å². The van der Waals surface area contributed by atoms with Gasteiger partial charge in [0.15, 0.2) is 11.5 Å². The molecule has 0 radical (unpaired) electrons. The van der Waals surface area contributed by atoms with Crippen molar-refractivity contribution in [3.63, 3.8) is 0 Å². The number of likely N-dealkylation sites (tertiary alicyclic amines) is 1. The first kappa shape index (κ1) is 22.2. The average Bonchev–Trinajstić information content (AvgIpc) is 3.52. The van der Waals surface area contributed by atoms with Gasteiger partial charge in [0.1, 0.15) is 11.2 Å². The number of aromatic nitrogens is 5. The van der Waals surface area contributed by atoms with Crippen LogP contribution in [0.25, 0.3) is 33.7 Å². The van der Waals surface area contributed by atoms with Crippen molar-refractivity contribution < 1.29 is 9.53 Å². The maximum atomic E-state index is 13.2. The van der Waals surface area contributed by atoms with Crippen LogP contribution in [0.4, 0.5) is 0 Å². The largest absolute Gasteiger partial charge is 0.383 e. The van der Waals surface area contributed by atoms with E-state index >= 15 is 0 Å². The number of methoxy groups -OCH3 is 1. The summed E-state index contributed by atoms with van der Waals surface area (Å²) >= 11 is 0. The Hall–Kier alpha value is -3.30. The van der Waals surface area contributed by atoms with E-state index in [0.29, 0.717) is 36.7 Å². The third-order valence-corrected chi connectivity index (χ3v) is 7.12. The highest BCUT2D eigenvalue weighted by Gasteiger charge is 2.27. The van der Waals surface area contributed by atoms with Gasteiger partial charge in [-0.15, -0.1) is 0 Å². The molecule has 35 heavy (non-hydrogen) atoms. The van der Waals surface area contributed by atoms with Gasteiger partial charge in [-0.3, -0.25) is 4.79 Å². The molecule has 1 saturated heterocycles. The molecular formula is C26H31N7O2. The molecule has 1 amide bonds. The van der Waals surface area contributed by atoms with Gasteiger partial charge in [0.05, 0.1) is 17.9 Å². The number of ether oxygens (including phenoxy) is 1. The van der Waals surface area contributed by atoms with E-state index in [2.05, 4.69) is 26.3 Å². The maximum Gasteiger partial charge on any atom is 0.255 e. The van der Waals surface area contributed by atoms with E-state index in [4.69, 9.17) is 20.4 Å². The molecule has 0 spiro atoms. The minimum Gasteiger partial charge on any atom is -0.383 e. The molecule has 9 nitrogen and oxygen atoms in total. The van der Waals surface area contributed by atoms with Crippen molar-refractivity contribution in [3.8, 4) is 11.5 Å². The fraction of sp³-hybridized carbons (Fsp3) is 0.462. The van der Waals surface area contributed by atoms with E-state index in [1.54, 1.807) is 13.3 Å². The molecule has 182 valence electrons. The van der Waals surface area contributed by atoms with Crippen molar-refractivity contribution >= 4 is 28.1 Å². The SMILES string of the molecule is COCCn1c(-c2cc3cccnc3n2CC2CC2)nc2cc(C(=O)N3CCC[C@@H](N)C3)cnc21. The number of pyridine rings is 2. The molecule has 9 heteroatoms. The minimum atomic E-state index is -0.0328. The van der Waals surface area contributed by atoms with E-state index in [1.807, 2.05) is 23.2 Å². The van der Waals surface area contributed by atoms with Gasteiger partial charge >= 0.3 is 0 Å². The fourth-order valence-electron chi connectivity index (χ4n) is 5.11. The van der Waals surface area contributed by atoms with Gasteiger partial charge in [-0.05, 0) is 55.9 Å². The Morgan fingerprint density at radius 2 is 2.06 bits per heavy atom. The number of piperidine rings is 1. The van der Waals surface area contributed by atoms with Crippen molar-refractivity contribution in [1.29, 1.82) is 0 Å². The highest BCUT2D eigenvalue weighted by Crippen LogP contribution is 2.36. The zero-order valence-corrected chi connectivity index (χ0v) is 20.1. The van der Waals surface area contributed by atoms with Crippen LogP contribution in [-0.2, 0) is 17.8 Å². The number of hydrogen-bond donors (Lipinski definition) is 1. The molecular weight excluding hydrogens is 442 g/mol. The van der Waals surface area contributed by atoms with E-state index in [9.17, 15) is 4.79 Å². The van der Waals surface area contributed by atoms with Crippen molar-refractivity contribution in [3.05, 3.63) is 42.2 Å². The summed E-state index contributed by atoms with van der Waals surface area (Å²) in [6, 6.07) is 8.12. The van der Waals surface area contributed by atoms with Gasteiger partial charge in [-0.1, -0.05) is 0 Å². The van der Waals surface area contributed by atoms with Crippen LogP contribution in [0.3, 0.4) is 0 Å². The third-order valence-electron chi connectivity index (χ3n) is 7.12. The predicted octanol–water partition coefficient (Wildman–Crippen LogP) is 3.07. The second kappa shape index (κ2) is 9.05. The van der Waals surface area contributed by atoms with Gasteiger partial charge in [0, 0.05) is 57.1 Å². The van der Waals surface area contributed by atoms with Crippen LogP contribution >= 0.6 is 0 Å². The molecule has 1 atom stereocenters. The molecule has 2 fully saturated rings. The normalized spacial score (nSPS) is 18.6. The molecule has 2 aliphatic rings. The smallest absolute Gasteiger partial charge is 0.255 e. The van der Waals surface area contributed by atoms with E-state index in [-0.39, 0.29) is 11.9 Å². The highest BCUT2D eigenvalue weighted by atomic mass is 16.5. The summed E-state index contributed by atoms with van der Waals surface area (Å²) in [7, 11) is 1.69. The molecule has 1 aliphatic carbocycles. The summed E-state index contributed by atoms with van der Waals surface area (Å²) in [4.78, 5) is 29.4. The highest BCUT2D eigenvalue weighted by molar-refractivity contribution is 5.97. The number of fused-ring (bicyclic) bond motifs is 2. The lowest BCUT2D eigenvalue weighted by Gasteiger charge is -2.30. The second-order valence-corrected chi connectivity index (χ2v) is 9.80. The van der Waals surface area contributed by atoms with Crippen molar-refractivity contribution in [1.82, 2.24) is 29.0 Å². The molecule has 0 aromatic carbocycles. The zero-order chi connectivity index (χ0) is 23.9. The van der Waals surface area contributed by atoms with Crippen LogP contribution < -0.4 is 5.73 Å². The monoisotopic (exact) mass is 473 g/mol. The molecule has 1 aliphatic heterocycles. The zero-order valence-electron chi connectivity index (χ0n) is 20.1. The number of nitrogens with zero attached hydrogens (tertiary/aromatic N) is 6. The van der Waals surface area contributed by atoms with Crippen LogP contribution in [-0.4, -0.2) is 67.7 Å². The van der Waals surface area contributed by atoms with E-state index in [0.717, 1.165) is 54.1 Å². The van der Waals surface area contributed by atoms with Gasteiger partial charge in [0.25, 0.3) is 5.91 Å². The quantitative estimate of drug-likeness (QED) is 0.442. The number of nitrogens with two attached hydrogens (primary N) is 1. The lowest BCUT2D eigenvalue weighted by Crippen LogP contribution is -2.45. The van der Waals surface area contributed by atoms with Gasteiger partial charge in [0.2, 0.25) is 0 Å². The molecule has 0 unspecified atom stereocenters. The lowest BCUT2D eigenvalue weighted by atomic mass is 10.1. The number of rotatable bonds is 7. The van der Waals surface area contributed by atoms with E-state index in [1.165, 1.54) is 12.8 Å². The Kier molecular flexibility index (Phi) is 5.74. The summed E-state index contributed by atoms with van der Waals surface area (Å²) in [5.74, 6) is 1.48. The van der Waals surface area contributed by atoms with Gasteiger partial charge in [-0.25, -0.2) is 15.0 Å². The molecule has 5 heterocycles. The first-order valence-electron chi connectivity index (χ1n) is 12.5. The maximum absolute atomic E-state index is 13.2. The molecule has 4 aromatic rings. The second-order valence-electron chi connectivity index (χ2n) is 9.80. The molecule has 1 saturated carbocycles. The summed E-state index contributed by atoms with van der Waals surface area (Å²) in [6.45, 7) is 3.39. The Morgan fingerprint density at radius 1 is 1.17 bits per heavy atom. The Bertz CT molecular complexity index is 1390. The van der Waals surface area contributed by atoms with Crippen molar-refractivity contribution in [2.75, 3.05) is 26.8 Å². The first-order valence-corrected chi connectivity index (χ1v) is 12.5. The predicted molar refractivity (Wildman–Crippen MR) is 134 cm³/mol. The Morgan fingerprint density at radius 3 is 2.86 bits per heavy atom. The lowest BCUT2D eigenvalue weighted by molar-refractivity contribution is 0.0708. The number of carbonyl (C=O) groups excluding carboxylic acids is 1. The summed E-state index contributed by atoms with van der Waals surface area (Å²) in [5.41, 5.74) is 10.1. The van der Waals surface area contributed by atoms with Crippen LogP contribution in [0.2, 0.25) is 0 Å². The third kappa shape index (κ3) is 4.19. The molecule has 4 aromatic heterocycles. The number of amides is 1. The van der Waals surface area contributed by atoms with E-state index < -0.39 is 0 Å². The van der Waals surface area contributed by atoms with Crippen LogP contribution in [0.5, 0.6) is 0 Å². The van der Waals surface area contributed by atoms with Crippen LogP contribution in [0.15, 0.2) is 36.7 Å². The number of carbonyl (C=O) groups is 1. The van der Waals surface area contributed by atoms with Crippen LogP contribution in [0, 0.1) is 5.92 Å².